The number of ketones is 1. The van der Waals surface area contributed by atoms with Gasteiger partial charge in [-0.25, -0.2) is 4.98 Å². The minimum absolute atomic E-state index is 0.0134. The zero-order valence-corrected chi connectivity index (χ0v) is 21.2. The molecule has 0 unspecified atom stereocenters. The van der Waals surface area contributed by atoms with E-state index in [4.69, 9.17) is 4.74 Å². The van der Waals surface area contributed by atoms with Crippen LogP contribution in [-0.2, 0) is 16.0 Å². The molecule has 38 heavy (non-hydrogen) atoms. The number of fused-ring (bicyclic) bond motifs is 2. The molecule has 0 spiro atoms. The highest BCUT2D eigenvalue weighted by molar-refractivity contribution is 7.22. The number of ether oxygens (including phenoxy) is 1. The summed E-state index contributed by atoms with van der Waals surface area (Å²) in [6.45, 7) is 3.88. The van der Waals surface area contributed by atoms with E-state index >= 15 is 0 Å². The topological polar surface area (TPSA) is 123 Å². The largest absolute Gasteiger partial charge is 0.507 e. The summed E-state index contributed by atoms with van der Waals surface area (Å²) in [6, 6.07) is 15.4. The van der Waals surface area contributed by atoms with Gasteiger partial charge in [-0.2, -0.15) is 0 Å². The number of amides is 1. The summed E-state index contributed by atoms with van der Waals surface area (Å²) in [6.07, 6.45) is 0.630. The molecule has 4 aromatic rings. The number of benzene rings is 3. The van der Waals surface area contributed by atoms with E-state index in [2.05, 4.69) is 4.98 Å². The lowest BCUT2D eigenvalue weighted by atomic mass is 9.94. The van der Waals surface area contributed by atoms with Crippen LogP contribution >= 0.6 is 11.3 Å². The van der Waals surface area contributed by atoms with Crippen LogP contribution in [0.2, 0.25) is 0 Å². The van der Waals surface area contributed by atoms with Gasteiger partial charge in [-0.15, -0.1) is 0 Å². The second kappa shape index (κ2) is 8.77. The Hall–Kier alpha value is -4.57. The van der Waals surface area contributed by atoms with Crippen LogP contribution in [0, 0.1) is 17.0 Å². The quantitative estimate of drug-likeness (QED) is 0.123. The van der Waals surface area contributed by atoms with Crippen LogP contribution in [0.4, 0.5) is 10.8 Å². The van der Waals surface area contributed by atoms with Gasteiger partial charge in [-0.1, -0.05) is 29.5 Å². The smallest absolute Gasteiger partial charge is 0.301 e. The van der Waals surface area contributed by atoms with Crippen molar-refractivity contribution < 1.29 is 24.4 Å². The van der Waals surface area contributed by atoms with Gasteiger partial charge < -0.3 is 9.84 Å². The van der Waals surface area contributed by atoms with Crippen molar-refractivity contribution in [2.24, 2.45) is 0 Å². The summed E-state index contributed by atoms with van der Waals surface area (Å²) < 4.78 is 6.57. The summed E-state index contributed by atoms with van der Waals surface area (Å²) in [7, 11) is 0. The maximum atomic E-state index is 13.5. The van der Waals surface area contributed by atoms with Gasteiger partial charge in [0.2, 0.25) is 0 Å². The fraction of sp³-hybridized carbons (Fsp3) is 0.179. The number of rotatable bonds is 4. The highest BCUT2D eigenvalue weighted by Gasteiger charge is 2.48. The van der Waals surface area contributed by atoms with Crippen molar-refractivity contribution in [3.8, 4) is 5.75 Å². The SMILES string of the molecule is Cc1ccc2nc(N3C(=O)C(=O)C(=C(O)c4ccc5c(c4)C[C@@H](C)O5)[C@@H]3c3cccc([N+](=O)[O-])c3)sc2c1. The third-order valence-electron chi connectivity index (χ3n) is 6.75. The monoisotopic (exact) mass is 527 g/mol. The molecule has 0 saturated carbocycles. The van der Waals surface area contributed by atoms with Crippen molar-refractivity contribution in [3.05, 3.63) is 98.6 Å². The van der Waals surface area contributed by atoms with Crippen molar-refractivity contribution in [2.45, 2.75) is 32.4 Å². The van der Waals surface area contributed by atoms with E-state index in [0.29, 0.717) is 28.8 Å². The van der Waals surface area contributed by atoms with Crippen LogP contribution in [0.5, 0.6) is 5.75 Å². The molecular weight excluding hydrogens is 506 g/mol. The second-order valence-electron chi connectivity index (χ2n) is 9.44. The number of thiazole rings is 1. The summed E-state index contributed by atoms with van der Waals surface area (Å²) in [5, 5.41) is 23.3. The molecule has 1 saturated heterocycles. The number of nitro groups is 1. The number of aryl methyl sites for hydroxylation is 1. The number of anilines is 1. The molecular formula is C28H21N3O6S. The summed E-state index contributed by atoms with van der Waals surface area (Å²) in [4.78, 5) is 43.8. The highest BCUT2D eigenvalue weighted by Crippen LogP contribution is 2.45. The maximum Gasteiger partial charge on any atom is 0.301 e. The van der Waals surface area contributed by atoms with Crippen molar-refractivity contribution in [1.29, 1.82) is 0 Å². The zero-order chi connectivity index (χ0) is 26.7. The van der Waals surface area contributed by atoms with Gasteiger partial charge in [-0.05, 0) is 60.9 Å². The minimum atomic E-state index is -1.11. The Kier molecular flexibility index (Phi) is 5.50. The minimum Gasteiger partial charge on any atom is -0.507 e. The lowest BCUT2D eigenvalue weighted by molar-refractivity contribution is -0.384. The van der Waals surface area contributed by atoms with Gasteiger partial charge in [0.05, 0.1) is 26.8 Å². The zero-order valence-electron chi connectivity index (χ0n) is 20.4. The average Bonchev–Trinajstić information content (AvgIpc) is 3.55. The molecule has 10 heteroatoms. The second-order valence-corrected chi connectivity index (χ2v) is 10.5. The highest BCUT2D eigenvalue weighted by atomic mass is 32.1. The Bertz CT molecular complexity index is 1710. The van der Waals surface area contributed by atoms with E-state index in [-0.39, 0.29) is 28.3 Å². The average molecular weight is 528 g/mol. The van der Waals surface area contributed by atoms with Crippen LogP contribution in [0.1, 0.15) is 35.2 Å². The molecule has 0 radical (unpaired) electrons. The number of nitrogens with zero attached hydrogens (tertiary/aromatic N) is 3. The molecule has 2 atom stereocenters. The predicted molar refractivity (Wildman–Crippen MR) is 142 cm³/mol. The Morgan fingerprint density at radius 1 is 1.16 bits per heavy atom. The number of hydrogen-bond acceptors (Lipinski definition) is 8. The molecule has 9 nitrogen and oxygen atoms in total. The van der Waals surface area contributed by atoms with E-state index in [0.717, 1.165) is 15.8 Å². The number of carbonyl (C=O) groups is 2. The lowest BCUT2D eigenvalue weighted by Crippen LogP contribution is -2.29. The number of Topliss-reactive ketones (excluding diaryl/α,β-unsaturated/α-hetero) is 1. The first-order valence-electron chi connectivity index (χ1n) is 11.9. The molecule has 1 fully saturated rings. The molecule has 1 aromatic heterocycles. The van der Waals surface area contributed by atoms with Gasteiger partial charge in [0.25, 0.3) is 11.5 Å². The van der Waals surface area contributed by atoms with Gasteiger partial charge in [0.1, 0.15) is 17.6 Å². The molecule has 2 aliphatic heterocycles. The van der Waals surface area contributed by atoms with Crippen LogP contribution in [-0.4, -0.2) is 32.8 Å². The van der Waals surface area contributed by atoms with Crippen LogP contribution in [0.25, 0.3) is 16.0 Å². The Balaban J connectivity index is 1.56. The van der Waals surface area contributed by atoms with Crippen LogP contribution in [0.15, 0.2) is 66.2 Å². The molecule has 3 heterocycles. The van der Waals surface area contributed by atoms with Crippen molar-refractivity contribution >= 4 is 49.8 Å². The number of aliphatic hydroxyl groups excluding tert-OH is 1. The lowest BCUT2D eigenvalue weighted by Gasteiger charge is -2.22. The third-order valence-corrected chi connectivity index (χ3v) is 7.77. The number of aliphatic hydroxyl groups is 1. The third kappa shape index (κ3) is 3.81. The normalized spacial score (nSPS) is 20.1. The van der Waals surface area contributed by atoms with Crippen molar-refractivity contribution in [2.75, 3.05) is 4.90 Å². The summed E-state index contributed by atoms with van der Waals surface area (Å²) in [5.41, 5.74) is 2.87. The maximum absolute atomic E-state index is 13.5. The number of nitro benzene ring substituents is 1. The number of non-ortho nitro benzene ring substituents is 1. The Morgan fingerprint density at radius 2 is 1.97 bits per heavy atom. The molecule has 0 bridgehead atoms. The number of hydrogen-bond donors (Lipinski definition) is 1. The molecule has 1 amide bonds. The molecule has 190 valence electrons. The first kappa shape index (κ1) is 23.8. The summed E-state index contributed by atoms with van der Waals surface area (Å²) in [5.74, 6) is -1.41. The van der Waals surface area contributed by atoms with E-state index < -0.39 is 22.7 Å². The molecule has 3 aromatic carbocycles. The van der Waals surface area contributed by atoms with Crippen molar-refractivity contribution in [1.82, 2.24) is 4.98 Å². The Morgan fingerprint density at radius 3 is 2.76 bits per heavy atom. The van der Waals surface area contributed by atoms with Gasteiger partial charge >= 0.3 is 5.91 Å². The van der Waals surface area contributed by atoms with Gasteiger partial charge in [0.15, 0.2) is 5.13 Å². The predicted octanol–water partition coefficient (Wildman–Crippen LogP) is 5.46. The Labute approximate surface area is 220 Å². The molecule has 0 aliphatic carbocycles. The molecule has 6 rings (SSSR count). The summed E-state index contributed by atoms with van der Waals surface area (Å²) >= 11 is 1.24. The fourth-order valence-corrected chi connectivity index (χ4v) is 6.09. The number of aromatic nitrogens is 1. The van der Waals surface area contributed by atoms with Gasteiger partial charge in [-0.3, -0.25) is 24.6 Å². The fourth-order valence-electron chi connectivity index (χ4n) is 5.00. The van der Waals surface area contributed by atoms with E-state index in [1.54, 1.807) is 24.3 Å². The van der Waals surface area contributed by atoms with Crippen LogP contribution in [0.3, 0.4) is 0 Å². The standard InChI is InChI=1S/C28H21N3O6S/c1-14-6-8-20-22(10-14)38-28(29-20)30-24(16-4-3-5-19(13-16)31(35)36)23(26(33)27(30)34)25(32)17-7-9-21-18(12-17)11-15(2)37-21/h3-10,12-13,15,24,32H,11H2,1-2H3/t15-,24+/m1/s1. The van der Waals surface area contributed by atoms with E-state index in [1.165, 1.54) is 34.4 Å². The molecule has 1 N–H and O–H groups in total. The molecule has 2 aliphatic rings. The van der Waals surface area contributed by atoms with Crippen molar-refractivity contribution in [3.63, 3.8) is 0 Å². The first-order chi connectivity index (χ1) is 18.2. The number of carbonyl (C=O) groups excluding carboxylic acids is 2. The first-order valence-corrected chi connectivity index (χ1v) is 12.8. The van der Waals surface area contributed by atoms with Crippen LogP contribution < -0.4 is 9.64 Å². The van der Waals surface area contributed by atoms with Gasteiger partial charge in [0, 0.05) is 24.1 Å². The van der Waals surface area contributed by atoms with E-state index in [9.17, 15) is 24.8 Å². The van der Waals surface area contributed by atoms with E-state index in [1.807, 2.05) is 32.0 Å².